The normalized spacial score (nSPS) is 49.4. The Morgan fingerprint density at radius 2 is 1.80 bits per heavy atom. The molecule has 1 aromatic carbocycles. The maximum absolute atomic E-state index is 3.88. The molecular weight excluding hydrogens is 382 g/mol. The number of hydrogen-bond donors (Lipinski definition) is 0. The number of fused-ring (bicyclic) bond motifs is 3. The summed E-state index contributed by atoms with van der Waals surface area (Å²) in [5.41, 5.74) is 1.56. The molecule has 2 aliphatic heterocycles. The predicted octanol–water partition coefficient (Wildman–Crippen LogP) is 2.56. The van der Waals surface area contributed by atoms with Crippen molar-refractivity contribution >= 4 is 45.8 Å². The van der Waals surface area contributed by atoms with Crippen LogP contribution in [0.1, 0.15) is 5.56 Å². The number of halogens is 1. The topological polar surface area (TPSA) is 0 Å². The molecule has 4 rings (SSSR count). The van der Waals surface area contributed by atoms with E-state index in [1.807, 2.05) is 0 Å². The van der Waals surface area contributed by atoms with Crippen LogP contribution in [0.2, 0.25) is 9.63 Å². The zero-order valence-electron chi connectivity index (χ0n) is 7.89. The summed E-state index contributed by atoms with van der Waals surface area (Å²) >= 11 is 5.51. The Morgan fingerprint density at radius 3 is 2.60 bits per heavy atom. The Kier molecular flexibility index (Phi) is 1.79. The quantitative estimate of drug-likeness (QED) is 0.393. The molecule has 0 saturated carbocycles. The van der Waals surface area contributed by atoms with Crippen molar-refractivity contribution in [2.75, 3.05) is 0 Å². The predicted molar refractivity (Wildman–Crippen MR) is 67.9 cm³/mol. The fourth-order valence-corrected chi connectivity index (χ4v) is 11.6. The molecule has 0 N–H and O–H groups in total. The molecule has 0 amide bonds. The molecule has 1 aliphatic carbocycles. The van der Waals surface area contributed by atoms with Gasteiger partial charge in [-0.05, 0) is 0 Å². The zero-order valence-corrected chi connectivity index (χ0v) is 12.9. The summed E-state index contributed by atoms with van der Waals surface area (Å²) in [5.74, 6) is 0. The third-order valence-electron chi connectivity index (χ3n) is 3.38. The molecule has 0 radical (unpaired) electrons. The van der Waals surface area contributed by atoms with E-state index in [-0.39, 0.29) is 0 Å². The van der Waals surface area contributed by atoms with Gasteiger partial charge in [-0.25, -0.2) is 0 Å². The third kappa shape index (κ3) is 1.19. The van der Waals surface area contributed by atoms with E-state index in [4.69, 9.17) is 0 Å². The van der Waals surface area contributed by atoms with Crippen LogP contribution in [-0.2, 0) is 4.31 Å². The second kappa shape index (κ2) is 2.83. The molecule has 2 heterocycles. The first-order valence-corrected chi connectivity index (χ1v) is 9.53. The zero-order chi connectivity index (χ0) is 10.1. The van der Waals surface area contributed by atoms with E-state index in [2.05, 4.69) is 58.4 Å². The van der Waals surface area contributed by atoms with Crippen LogP contribution in [-0.4, -0.2) is 33.1 Å². The van der Waals surface area contributed by atoms with E-state index in [9.17, 15) is 0 Å². The van der Waals surface area contributed by atoms with Crippen LogP contribution in [0.4, 0.5) is 0 Å². The molecule has 1 aromatic rings. The number of hydrogen-bond acceptors (Lipinski definition) is 0. The maximum atomic E-state index is 3.88. The molecule has 0 bridgehead atoms. The summed E-state index contributed by atoms with van der Waals surface area (Å²) in [4.78, 5) is 1.99. The van der Waals surface area contributed by atoms with Crippen LogP contribution >= 0.6 is 15.9 Å². The summed E-state index contributed by atoms with van der Waals surface area (Å²) in [6, 6.07) is 11.1. The first-order chi connectivity index (χ1) is 7.25. The van der Waals surface area contributed by atoms with Gasteiger partial charge >= 0.3 is 111 Å². The molecule has 4 atom stereocenters. The van der Waals surface area contributed by atoms with E-state index in [1.54, 1.807) is 5.56 Å². The summed E-state index contributed by atoms with van der Waals surface area (Å²) < 4.78 is 0.968. The third-order valence-corrected chi connectivity index (χ3v) is 13.1. The van der Waals surface area contributed by atoms with Crippen LogP contribution in [0.15, 0.2) is 42.5 Å². The van der Waals surface area contributed by atoms with Gasteiger partial charge < -0.3 is 0 Å². The second-order valence-electron chi connectivity index (χ2n) is 4.27. The van der Waals surface area contributed by atoms with Gasteiger partial charge in [-0.15, -0.1) is 0 Å². The standard InChI is InChI=1S/C12H9BrSe2/c13-12-7-6-11(8-4-2-1-3-5-8)9(14-11)10(12)15-12/h1-7,9-10H. The van der Waals surface area contributed by atoms with Crippen LogP contribution in [0.5, 0.6) is 0 Å². The van der Waals surface area contributed by atoms with Crippen molar-refractivity contribution in [1.82, 2.24) is 0 Å². The molecule has 4 unspecified atom stereocenters. The molecule has 0 spiro atoms. The van der Waals surface area contributed by atoms with E-state index >= 15 is 0 Å². The van der Waals surface area contributed by atoms with Crippen molar-refractivity contribution in [3.8, 4) is 0 Å². The molecule has 76 valence electrons. The van der Waals surface area contributed by atoms with Crippen LogP contribution < -0.4 is 0 Å². The fraction of sp³-hybridized carbons (Fsp3) is 0.333. The van der Waals surface area contributed by atoms with Crippen molar-refractivity contribution in [3.05, 3.63) is 48.0 Å². The van der Waals surface area contributed by atoms with Crippen molar-refractivity contribution < 1.29 is 0 Å². The molecule has 3 aliphatic rings. The van der Waals surface area contributed by atoms with Crippen molar-refractivity contribution in [3.63, 3.8) is 0 Å². The average Bonchev–Trinajstić information content (AvgIpc) is 3.11. The van der Waals surface area contributed by atoms with Crippen LogP contribution in [0.3, 0.4) is 0 Å². The minimum atomic E-state index is 0.473. The SMILES string of the molecule is BrC12C=CC3(c4ccccc4)[Se]C3C1[Se]2. The van der Waals surface area contributed by atoms with E-state index < -0.39 is 0 Å². The molecular formula is C12H9BrSe2. The van der Waals surface area contributed by atoms with Crippen molar-refractivity contribution in [2.24, 2.45) is 0 Å². The Labute approximate surface area is 110 Å². The van der Waals surface area contributed by atoms with Crippen LogP contribution in [0, 0.1) is 0 Å². The average molecular weight is 391 g/mol. The van der Waals surface area contributed by atoms with Gasteiger partial charge in [0, 0.05) is 0 Å². The number of alkyl halides is 1. The monoisotopic (exact) mass is 392 g/mol. The first-order valence-electron chi connectivity index (χ1n) is 5.05. The van der Waals surface area contributed by atoms with Crippen molar-refractivity contribution in [2.45, 2.75) is 17.2 Å². The van der Waals surface area contributed by atoms with Gasteiger partial charge in [-0.3, -0.25) is 0 Å². The Bertz CT molecular complexity index is 458. The molecule has 2 saturated heterocycles. The Hall–Kier alpha value is 0.479. The molecule has 3 heteroatoms. The summed E-state index contributed by atoms with van der Waals surface area (Å²) in [6.45, 7) is 0. The van der Waals surface area contributed by atoms with Gasteiger partial charge in [0.15, 0.2) is 0 Å². The van der Waals surface area contributed by atoms with Gasteiger partial charge in [0.05, 0.1) is 0 Å². The first kappa shape index (κ1) is 9.50. The molecule has 0 aromatic heterocycles. The molecule has 2 fully saturated rings. The molecule has 15 heavy (non-hydrogen) atoms. The number of benzene rings is 1. The van der Waals surface area contributed by atoms with E-state index in [0.29, 0.717) is 7.54 Å². The number of rotatable bonds is 1. The summed E-state index contributed by atoms with van der Waals surface area (Å²) in [5, 5.41) is 0. The van der Waals surface area contributed by atoms with Gasteiger partial charge in [-0.1, -0.05) is 0 Å². The Balaban J connectivity index is 1.79. The minimum absolute atomic E-state index is 0.473. The van der Waals surface area contributed by atoms with Crippen molar-refractivity contribution in [1.29, 1.82) is 0 Å². The number of allylic oxidation sites excluding steroid dienone is 2. The van der Waals surface area contributed by atoms with E-state index in [0.717, 1.165) is 39.5 Å². The van der Waals surface area contributed by atoms with Crippen LogP contribution in [0.25, 0.3) is 0 Å². The Morgan fingerprint density at radius 1 is 1.00 bits per heavy atom. The van der Waals surface area contributed by atoms with Gasteiger partial charge in [-0.2, -0.15) is 0 Å². The van der Waals surface area contributed by atoms with Gasteiger partial charge in [0.1, 0.15) is 0 Å². The fourth-order valence-electron chi connectivity index (χ4n) is 2.42. The summed E-state index contributed by atoms with van der Waals surface area (Å²) in [6.07, 6.45) is 4.96. The summed E-state index contributed by atoms with van der Waals surface area (Å²) in [7, 11) is 0. The molecule has 0 nitrogen and oxygen atoms in total. The van der Waals surface area contributed by atoms with E-state index in [1.165, 1.54) is 0 Å². The van der Waals surface area contributed by atoms with Gasteiger partial charge in [0.2, 0.25) is 0 Å². The van der Waals surface area contributed by atoms with Gasteiger partial charge in [0.25, 0.3) is 0 Å². The second-order valence-corrected chi connectivity index (χ2v) is 12.7.